The smallest absolute Gasteiger partial charge is 0.178 e. The summed E-state index contributed by atoms with van der Waals surface area (Å²) in [6.07, 6.45) is 0. The summed E-state index contributed by atoms with van der Waals surface area (Å²) in [5.74, 6) is -0.0730. The number of rotatable bonds is 7. The monoisotopic (exact) mass is 379 g/mol. The van der Waals surface area contributed by atoms with Gasteiger partial charge < -0.3 is 9.84 Å². The van der Waals surface area contributed by atoms with Gasteiger partial charge in [-0.1, -0.05) is 54.6 Å². The number of aliphatic hydroxyl groups is 1. The standard InChI is InChI=1S/C24H28O2P/c1-20(26-19-24(2,3)25)27(21-13-7-4-8-14-21,22-15-9-5-10-16-22)23-17-11-6-12-18-23/h4-18,20,25H,19H2,1-3H3/q+1. The first-order valence-corrected chi connectivity index (χ1v) is 11.2. The molecule has 0 radical (unpaired) electrons. The van der Waals surface area contributed by atoms with E-state index < -0.39 is 12.9 Å². The van der Waals surface area contributed by atoms with Crippen LogP contribution in [-0.4, -0.2) is 23.2 Å². The third-order valence-electron chi connectivity index (χ3n) is 4.71. The molecule has 0 aromatic heterocycles. The lowest BCUT2D eigenvalue weighted by Gasteiger charge is -2.33. The minimum absolute atomic E-state index is 0.0730. The molecule has 0 amide bonds. The Hall–Kier alpha value is -1.99. The van der Waals surface area contributed by atoms with E-state index in [1.807, 2.05) is 0 Å². The summed E-state index contributed by atoms with van der Waals surface area (Å²) < 4.78 is 6.33. The van der Waals surface area contributed by atoms with Crippen molar-refractivity contribution in [3.05, 3.63) is 91.0 Å². The van der Waals surface area contributed by atoms with Crippen molar-refractivity contribution in [1.82, 2.24) is 0 Å². The fourth-order valence-electron chi connectivity index (χ4n) is 3.50. The number of benzene rings is 3. The summed E-state index contributed by atoms with van der Waals surface area (Å²) in [5, 5.41) is 14.1. The molecular formula is C24H28O2P+. The Morgan fingerprint density at radius 3 is 1.37 bits per heavy atom. The highest BCUT2D eigenvalue weighted by atomic mass is 31.2. The molecule has 0 bridgehead atoms. The van der Waals surface area contributed by atoms with Crippen LogP contribution in [0.3, 0.4) is 0 Å². The maximum Gasteiger partial charge on any atom is 0.178 e. The van der Waals surface area contributed by atoms with E-state index in [2.05, 4.69) is 97.9 Å². The molecule has 1 atom stereocenters. The third-order valence-corrected chi connectivity index (χ3v) is 9.29. The molecule has 1 unspecified atom stereocenters. The third kappa shape index (κ3) is 4.30. The zero-order valence-electron chi connectivity index (χ0n) is 16.2. The molecule has 0 aliphatic carbocycles. The molecule has 0 fully saturated rings. The van der Waals surface area contributed by atoms with Crippen molar-refractivity contribution in [2.75, 3.05) is 6.61 Å². The van der Waals surface area contributed by atoms with Gasteiger partial charge >= 0.3 is 0 Å². The molecule has 3 aromatic rings. The molecule has 0 saturated heterocycles. The Morgan fingerprint density at radius 2 is 1.07 bits per heavy atom. The van der Waals surface area contributed by atoms with Gasteiger partial charge in [0.15, 0.2) is 5.85 Å². The van der Waals surface area contributed by atoms with Crippen LogP contribution in [0.5, 0.6) is 0 Å². The number of ether oxygens (including phenoxy) is 1. The van der Waals surface area contributed by atoms with Crippen LogP contribution in [-0.2, 0) is 4.74 Å². The van der Waals surface area contributed by atoms with Gasteiger partial charge in [0.1, 0.15) is 23.2 Å². The Labute approximate surface area is 163 Å². The molecule has 0 aliphatic rings. The Balaban J connectivity index is 2.23. The first kappa shape index (κ1) is 19.8. The highest BCUT2D eigenvalue weighted by Crippen LogP contribution is 2.59. The van der Waals surface area contributed by atoms with Gasteiger partial charge in [-0.2, -0.15) is 0 Å². The van der Waals surface area contributed by atoms with Crippen LogP contribution in [0.1, 0.15) is 20.8 Å². The van der Waals surface area contributed by atoms with Gasteiger partial charge in [-0.3, -0.25) is 0 Å². The predicted molar refractivity (Wildman–Crippen MR) is 117 cm³/mol. The molecular weight excluding hydrogens is 351 g/mol. The molecule has 0 aliphatic heterocycles. The Bertz CT molecular complexity index is 730. The largest absolute Gasteiger partial charge is 0.388 e. The summed E-state index contributed by atoms with van der Waals surface area (Å²) in [5.41, 5.74) is -0.867. The Kier molecular flexibility index (Phi) is 6.11. The summed E-state index contributed by atoms with van der Waals surface area (Å²) in [6, 6.07) is 32.0. The lowest BCUT2D eigenvalue weighted by Crippen LogP contribution is -2.40. The lowest BCUT2D eigenvalue weighted by atomic mass is 10.2. The minimum atomic E-state index is -2.06. The minimum Gasteiger partial charge on any atom is -0.388 e. The zero-order chi connectivity index (χ0) is 19.3. The summed E-state index contributed by atoms with van der Waals surface area (Å²) in [7, 11) is -2.06. The van der Waals surface area contributed by atoms with Gasteiger partial charge in [0.25, 0.3) is 0 Å². The Morgan fingerprint density at radius 1 is 0.741 bits per heavy atom. The van der Waals surface area contributed by atoms with Gasteiger partial charge in [-0.25, -0.2) is 0 Å². The quantitative estimate of drug-likeness (QED) is 0.626. The molecule has 3 rings (SSSR count). The lowest BCUT2D eigenvalue weighted by molar-refractivity contribution is -0.0265. The molecule has 3 aromatic carbocycles. The molecule has 0 saturated carbocycles. The maximum absolute atomic E-state index is 10.2. The van der Waals surface area contributed by atoms with Crippen LogP contribution >= 0.6 is 7.26 Å². The second kappa shape index (κ2) is 8.35. The predicted octanol–water partition coefficient (Wildman–Crippen LogP) is 4.11. The van der Waals surface area contributed by atoms with E-state index in [0.29, 0.717) is 6.61 Å². The van der Waals surface area contributed by atoms with E-state index in [9.17, 15) is 5.11 Å². The van der Waals surface area contributed by atoms with Gasteiger partial charge in [-0.05, 0) is 57.2 Å². The molecule has 2 nitrogen and oxygen atoms in total. The highest BCUT2D eigenvalue weighted by Gasteiger charge is 2.51. The van der Waals surface area contributed by atoms with Crippen LogP contribution in [0.15, 0.2) is 91.0 Å². The van der Waals surface area contributed by atoms with Crippen LogP contribution in [0.25, 0.3) is 0 Å². The van der Waals surface area contributed by atoms with Crippen LogP contribution in [0.2, 0.25) is 0 Å². The van der Waals surface area contributed by atoms with Crippen LogP contribution in [0.4, 0.5) is 0 Å². The molecule has 3 heteroatoms. The first-order chi connectivity index (χ1) is 12.9. The number of hydrogen-bond acceptors (Lipinski definition) is 2. The fourth-order valence-corrected chi connectivity index (χ4v) is 7.88. The molecule has 0 heterocycles. The summed E-state index contributed by atoms with van der Waals surface area (Å²) >= 11 is 0. The maximum atomic E-state index is 10.2. The second-order valence-corrected chi connectivity index (χ2v) is 11.2. The number of hydrogen-bond donors (Lipinski definition) is 1. The average Bonchev–Trinajstić information content (AvgIpc) is 2.69. The second-order valence-electron chi connectivity index (χ2n) is 7.45. The summed E-state index contributed by atoms with van der Waals surface area (Å²) in [4.78, 5) is 0. The van der Waals surface area contributed by atoms with Crippen molar-refractivity contribution in [3.63, 3.8) is 0 Å². The van der Waals surface area contributed by atoms with Crippen molar-refractivity contribution < 1.29 is 9.84 Å². The van der Waals surface area contributed by atoms with Crippen molar-refractivity contribution >= 4 is 23.2 Å². The van der Waals surface area contributed by atoms with Crippen molar-refractivity contribution in [3.8, 4) is 0 Å². The van der Waals surface area contributed by atoms with Gasteiger partial charge in [0.05, 0.1) is 12.2 Å². The highest BCUT2D eigenvalue weighted by molar-refractivity contribution is 7.96. The molecule has 140 valence electrons. The van der Waals surface area contributed by atoms with Crippen LogP contribution in [0, 0.1) is 0 Å². The van der Waals surface area contributed by atoms with Gasteiger partial charge in [-0.15, -0.1) is 0 Å². The van der Waals surface area contributed by atoms with Crippen molar-refractivity contribution in [2.24, 2.45) is 0 Å². The van der Waals surface area contributed by atoms with Gasteiger partial charge in [0.2, 0.25) is 0 Å². The van der Waals surface area contributed by atoms with E-state index >= 15 is 0 Å². The fraction of sp³-hybridized carbons (Fsp3) is 0.250. The molecule has 27 heavy (non-hydrogen) atoms. The molecule has 1 N–H and O–H groups in total. The van der Waals surface area contributed by atoms with E-state index in [0.717, 1.165) is 0 Å². The van der Waals surface area contributed by atoms with Crippen LogP contribution < -0.4 is 15.9 Å². The van der Waals surface area contributed by atoms with Crippen molar-refractivity contribution in [1.29, 1.82) is 0 Å². The summed E-state index contributed by atoms with van der Waals surface area (Å²) in [6.45, 7) is 6.01. The van der Waals surface area contributed by atoms with E-state index in [1.54, 1.807) is 13.8 Å². The van der Waals surface area contributed by atoms with E-state index in [-0.39, 0.29) is 5.85 Å². The first-order valence-electron chi connectivity index (χ1n) is 9.34. The van der Waals surface area contributed by atoms with E-state index in [1.165, 1.54) is 15.9 Å². The zero-order valence-corrected chi connectivity index (χ0v) is 17.1. The topological polar surface area (TPSA) is 29.5 Å². The van der Waals surface area contributed by atoms with E-state index in [4.69, 9.17) is 4.74 Å². The molecule has 0 spiro atoms. The normalized spacial score (nSPS) is 13.3. The SMILES string of the molecule is CC(OCC(C)(C)O)[P+](c1ccccc1)(c1ccccc1)c1ccccc1. The van der Waals surface area contributed by atoms with Crippen molar-refractivity contribution in [2.45, 2.75) is 32.2 Å². The average molecular weight is 379 g/mol. The van der Waals surface area contributed by atoms with Gasteiger partial charge in [0, 0.05) is 0 Å².